The summed E-state index contributed by atoms with van der Waals surface area (Å²) >= 11 is 0. The Morgan fingerprint density at radius 1 is 0.947 bits per heavy atom. The van der Waals surface area contributed by atoms with Crippen LogP contribution in [0.5, 0.6) is 0 Å². The van der Waals surface area contributed by atoms with Crippen molar-refractivity contribution in [3.05, 3.63) is 70.8 Å². The van der Waals surface area contributed by atoms with E-state index in [-0.39, 0.29) is 0 Å². The van der Waals surface area contributed by atoms with E-state index in [9.17, 15) is 0 Å². The number of hydrogen-bond donors (Lipinski definition) is 1. The molecule has 19 heavy (non-hydrogen) atoms. The maximum Gasteiger partial charge on any atom is 0.0291 e. The zero-order valence-corrected chi connectivity index (χ0v) is 12.1. The molecule has 1 heteroatoms. The average Bonchev–Trinajstić information content (AvgIpc) is 2.41. The van der Waals surface area contributed by atoms with Crippen LogP contribution in [0.1, 0.15) is 35.2 Å². The Balaban J connectivity index is 1.86. The number of benzene rings is 2. The van der Waals surface area contributed by atoms with Crippen LogP contribution in [0, 0.1) is 13.8 Å². The lowest BCUT2D eigenvalue weighted by molar-refractivity contribution is 0.576. The summed E-state index contributed by atoms with van der Waals surface area (Å²) in [4.78, 5) is 0. The highest BCUT2D eigenvalue weighted by atomic mass is 14.9. The van der Waals surface area contributed by atoms with Crippen molar-refractivity contribution in [1.29, 1.82) is 0 Å². The van der Waals surface area contributed by atoms with Crippen LogP contribution in [-0.2, 0) is 6.42 Å². The highest BCUT2D eigenvalue weighted by molar-refractivity contribution is 5.26. The van der Waals surface area contributed by atoms with Gasteiger partial charge < -0.3 is 5.32 Å². The molecular formula is C18H23N. The highest BCUT2D eigenvalue weighted by Gasteiger charge is 2.04. The summed E-state index contributed by atoms with van der Waals surface area (Å²) in [5, 5.41) is 3.59. The molecule has 1 atom stereocenters. The smallest absolute Gasteiger partial charge is 0.0291 e. The minimum absolute atomic E-state index is 0.407. The molecule has 2 aromatic carbocycles. The van der Waals surface area contributed by atoms with Gasteiger partial charge in [0.1, 0.15) is 0 Å². The summed E-state index contributed by atoms with van der Waals surface area (Å²) in [6, 6.07) is 17.8. The molecule has 0 saturated heterocycles. The van der Waals surface area contributed by atoms with E-state index in [0.717, 1.165) is 13.0 Å². The molecule has 0 radical (unpaired) electrons. The first kappa shape index (κ1) is 13.8. The minimum Gasteiger partial charge on any atom is -0.310 e. The van der Waals surface area contributed by atoms with Crippen LogP contribution in [0.3, 0.4) is 0 Å². The standard InChI is InChI=1S/C18H23N/c1-14-8-10-18(11-9-14)16(3)19-13-12-17-7-5-4-6-15(17)2/h4-11,16,19H,12-13H2,1-3H3. The van der Waals surface area contributed by atoms with Crippen LogP contribution in [0.25, 0.3) is 0 Å². The molecule has 2 rings (SSSR count). The van der Waals surface area contributed by atoms with Gasteiger partial charge >= 0.3 is 0 Å². The van der Waals surface area contributed by atoms with Gasteiger partial charge in [-0.2, -0.15) is 0 Å². The van der Waals surface area contributed by atoms with Crippen LogP contribution in [0.4, 0.5) is 0 Å². The van der Waals surface area contributed by atoms with Crippen molar-refractivity contribution in [2.75, 3.05) is 6.54 Å². The third-order valence-corrected chi connectivity index (χ3v) is 3.68. The third-order valence-electron chi connectivity index (χ3n) is 3.68. The Hall–Kier alpha value is -1.60. The zero-order chi connectivity index (χ0) is 13.7. The lowest BCUT2D eigenvalue weighted by atomic mass is 10.0. The minimum atomic E-state index is 0.407. The van der Waals surface area contributed by atoms with E-state index >= 15 is 0 Å². The maximum atomic E-state index is 3.59. The van der Waals surface area contributed by atoms with Gasteiger partial charge in [0.25, 0.3) is 0 Å². The molecule has 0 heterocycles. The van der Waals surface area contributed by atoms with Crippen molar-refractivity contribution < 1.29 is 0 Å². The molecule has 100 valence electrons. The second kappa shape index (κ2) is 6.53. The van der Waals surface area contributed by atoms with Crippen molar-refractivity contribution >= 4 is 0 Å². The monoisotopic (exact) mass is 253 g/mol. The van der Waals surface area contributed by atoms with Gasteiger partial charge in [-0.15, -0.1) is 0 Å². The largest absolute Gasteiger partial charge is 0.310 e. The van der Waals surface area contributed by atoms with Gasteiger partial charge in [0, 0.05) is 6.04 Å². The lowest BCUT2D eigenvalue weighted by Gasteiger charge is -2.15. The summed E-state index contributed by atoms with van der Waals surface area (Å²) in [7, 11) is 0. The van der Waals surface area contributed by atoms with Crippen LogP contribution in [0.15, 0.2) is 48.5 Å². The molecule has 0 aliphatic carbocycles. The average molecular weight is 253 g/mol. The predicted octanol–water partition coefficient (Wildman–Crippen LogP) is 4.20. The van der Waals surface area contributed by atoms with Crippen LogP contribution in [0.2, 0.25) is 0 Å². The molecule has 1 nitrogen and oxygen atoms in total. The maximum absolute atomic E-state index is 3.59. The van der Waals surface area contributed by atoms with Gasteiger partial charge in [-0.3, -0.25) is 0 Å². The Morgan fingerprint density at radius 3 is 2.32 bits per heavy atom. The lowest BCUT2D eigenvalue weighted by Crippen LogP contribution is -2.21. The molecule has 2 aromatic rings. The van der Waals surface area contributed by atoms with E-state index in [1.807, 2.05) is 0 Å². The predicted molar refractivity (Wildman–Crippen MR) is 82.5 cm³/mol. The van der Waals surface area contributed by atoms with Crippen LogP contribution in [-0.4, -0.2) is 6.54 Å². The SMILES string of the molecule is Cc1ccc(C(C)NCCc2ccccc2C)cc1. The Morgan fingerprint density at radius 2 is 1.63 bits per heavy atom. The Labute approximate surface area is 116 Å². The summed E-state index contributed by atoms with van der Waals surface area (Å²) in [5.41, 5.74) is 5.49. The zero-order valence-electron chi connectivity index (χ0n) is 12.1. The molecule has 0 amide bonds. The van der Waals surface area contributed by atoms with E-state index in [0.29, 0.717) is 6.04 Å². The number of hydrogen-bond acceptors (Lipinski definition) is 1. The molecule has 0 bridgehead atoms. The first-order valence-electron chi connectivity index (χ1n) is 7.01. The summed E-state index contributed by atoms with van der Waals surface area (Å²) in [6.07, 6.45) is 1.09. The molecular weight excluding hydrogens is 230 g/mol. The van der Waals surface area contributed by atoms with Gasteiger partial charge in [0.05, 0.1) is 0 Å². The number of rotatable bonds is 5. The van der Waals surface area contributed by atoms with Crippen molar-refractivity contribution in [3.63, 3.8) is 0 Å². The number of aryl methyl sites for hydroxylation is 2. The van der Waals surface area contributed by atoms with Crippen molar-refractivity contribution in [2.45, 2.75) is 33.2 Å². The first-order chi connectivity index (χ1) is 9.16. The summed E-state index contributed by atoms with van der Waals surface area (Å²) in [5.74, 6) is 0. The molecule has 0 aliphatic rings. The quantitative estimate of drug-likeness (QED) is 0.842. The molecule has 0 aromatic heterocycles. The Kier molecular flexibility index (Phi) is 4.75. The van der Waals surface area contributed by atoms with E-state index < -0.39 is 0 Å². The second-order valence-electron chi connectivity index (χ2n) is 5.26. The van der Waals surface area contributed by atoms with E-state index in [2.05, 4.69) is 74.6 Å². The van der Waals surface area contributed by atoms with E-state index in [4.69, 9.17) is 0 Å². The molecule has 0 spiro atoms. The van der Waals surface area contributed by atoms with E-state index in [1.165, 1.54) is 22.3 Å². The van der Waals surface area contributed by atoms with Crippen molar-refractivity contribution in [2.24, 2.45) is 0 Å². The highest BCUT2D eigenvalue weighted by Crippen LogP contribution is 2.13. The molecule has 0 aliphatic heterocycles. The van der Waals surface area contributed by atoms with Crippen molar-refractivity contribution in [1.82, 2.24) is 5.32 Å². The molecule has 1 N–H and O–H groups in total. The molecule has 1 unspecified atom stereocenters. The fraction of sp³-hybridized carbons (Fsp3) is 0.333. The third kappa shape index (κ3) is 3.93. The first-order valence-corrected chi connectivity index (χ1v) is 7.01. The Bertz CT molecular complexity index is 513. The molecule has 0 saturated carbocycles. The van der Waals surface area contributed by atoms with Gasteiger partial charge in [0.2, 0.25) is 0 Å². The van der Waals surface area contributed by atoms with Gasteiger partial charge in [-0.25, -0.2) is 0 Å². The van der Waals surface area contributed by atoms with Gasteiger partial charge in [0.15, 0.2) is 0 Å². The summed E-state index contributed by atoms with van der Waals surface area (Å²) < 4.78 is 0. The fourth-order valence-electron chi connectivity index (χ4n) is 2.29. The van der Waals surface area contributed by atoms with Gasteiger partial charge in [-0.1, -0.05) is 54.1 Å². The van der Waals surface area contributed by atoms with Crippen LogP contribution < -0.4 is 5.32 Å². The normalized spacial score (nSPS) is 12.4. The van der Waals surface area contributed by atoms with Crippen molar-refractivity contribution in [3.8, 4) is 0 Å². The van der Waals surface area contributed by atoms with Gasteiger partial charge in [-0.05, 0) is 50.4 Å². The number of nitrogens with one attached hydrogen (secondary N) is 1. The topological polar surface area (TPSA) is 12.0 Å². The fourth-order valence-corrected chi connectivity index (χ4v) is 2.29. The molecule has 0 fully saturated rings. The van der Waals surface area contributed by atoms with E-state index in [1.54, 1.807) is 0 Å². The van der Waals surface area contributed by atoms with Crippen LogP contribution >= 0.6 is 0 Å². The summed E-state index contributed by atoms with van der Waals surface area (Å²) in [6.45, 7) is 7.54. The second-order valence-corrected chi connectivity index (χ2v) is 5.26.